The average molecular weight is 318 g/mol. The number of hydrogen-bond acceptors (Lipinski definition) is 1. The summed E-state index contributed by atoms with van der Waals surface area (Å²) in [5.74, 6) is -4.31. The molecule has 0 amide bonds. The van der Waals surface area contributed by atoms with Gasteiger partial charge in [0.1, 0.15) is 5.75 Å². The molecule has 5 heteroatoms. The largest absolute Gasteiger partial charge is 0.507 e. The zero-order valence-electron chi connectivity index (χ0n) is 11.7. The number of benzene rings is 3. The quantitative estimate of drug-likeness (QED) is 0.637. The van der Waals surface area contributed by atoms with Gasteiger partial charge in [0, 0.05) is 11.1 Å². The van der Waals surface area contributed by atoms with Crippen LogP contribution >= 0.6 is 0 Å². The van der Waals surface area contributed by atoms with Crippen LogP contribution in [0.25, 0.3) is 22.3 Å². The van der Waals surface area contributed by atoms with Crippen LogP contribution in [0.4, 0.5) is 17.6 Å². The molecule has 0 spiro atoms. The van der Waals surface area contributed by atoms with Gasteiger partial charge in [-0.2, -0.15) is 0 Å². The van der Waals surface area contributed by atoms with Crippen LogP contribution in [-0.2, 0) is 0 Å². The molecule has 0 aromatic heterocycles. The summed E-state index contributed by atoms with van der Waals surface area (Å²) in [6, 6.07) is 11.1. The molecule has 0 saturated heterocycles. The van der Waals surface area contributed by atoms with E-state index in [1.165, 1.54) is 24.3 Å². The topological polar surface area (TPSA) is 20.2 Å². The van der Waals surface area contributed by atoms with E-state index in [1.54, 1.807) is 6.07 Å². The van der Waals surface area contributed by atoms with Gasteiger partial charge >= 0.3 is 0 Å². The molecule has 3 aromatic rings. The van der Waals surface area contributed by atoms with Crippen molar-refractivity contribution in [2.45, 2.75) is 0 Å². The van der Waals surface area contributed by atoms with Crippen molar-refractivity contribution in [3.05, 3.63) is 77.9 Å². The molecule has 3 aromatic carbocycles. The van der Waals surface area contributed by atoms with Crippen LogP contribution < -0.4 is 0 Å². The van der Waals surface area contributed by atoms with Gasteiger partial charge in [0.15, 0.2) is 23.3 Å². The second-order valence-electron chi connectivity index (χ2n) is 4.96. The molecule has 3 rings (SSSR count). The number of phenols is 1. The maximum atomic E-state index is 13.4. The molecule has 0 bridgehead atoms. The van der Waals surface area contributed by atoms with Gasteiger partial charge in [-0.1, -0.05) is 30.3 Å². The van der Waals surface area contributed by atoms with Crippen molar-refractivity contribution in [2.75, 3.05) is 0 Å². The molecule has 116 valence electrons. The average Bonchev–Trinajstić information content (AvgIpc) is 2.53. The van der Waals surface area contributed by atoms with E-state index in [4.69, 9.17) is 0 Å². The van der Waals surface area contributed by atoms with Crippen molar-refractivity contribution in [1.29, 1.82) is 0 Å². The lowest BCUT2D eigenvalue weighted by Crippen LogP contribution is -1.89. The highest BCUT2D eigenvalue weighted by atomic mass is 19.2. The number of halogens is 4. The molecular formula is C18H10F4O. The molecule has 0 aliphatic rings. The fraction of sp³-hybridized carbons (Fsp3) is 0. The van der Waals surface area contributed by atoms with E-state index >= 15 is 0 Å². The zero-order chi connectivity index (χ0) is 16.6. The maximum absolute atomic E-state index is 13.4. The first-order chi connectivity index (χ1) is 11.0. The van der Waals surface area contributed by atoms with Gasteiger partial charge < -0.3 is 5.11 Å². The standard InChI is InChI=1S/C18H10F4O/c19-14-6-4-10(8-16(14)21)12-2-1-3-13(18(12)23)11-5-7-15(20)17(22)9-11/h1-9,23H. The van der Waals surface area contributed by atoms with Crippen molar-refractivity contribution in [3.8, 4) is 28.0 Å². The van der Waals surface area contributed by atoms with Gasteiger partial charge in [0.2, 0.25) is 0 Å². The second kappa shape index (κ2) is 5.76. The summed E-state index contributed by atoms with van der Waals surface area (Å²) in [6.07, 6.45) is 0. The fourth-order valence-corrected chi connectivity index (χ4v) is 2.34. The summed E-state index contributed by atoms with van der Waals surface area (Å²) in [6.45, 7) is 0. The molecule has 0 heterocycles. The minimum atomic E-state index is -1.04. The van der Waals surface area contributed by atoms with Crippen LogP contribution in [0.3, 0.4) is 0 Å². The first-order valence-electron chi connectivity index (χ1n) is 6.70. The van der Waals surface area contributed by atoms with E-state index in [1.807, 2.05) is 0 Å². The summed E-state index contributed by atoms with van der Waals surface area (Å²) in [7, 11) is 0. The minimum Gasteiger partial charge on any atom is -0.507 e. The summed E-state index contributed by atoms with van der Waals surface area (Å²) in [5, 5.41) is 10.4. The van der Waals surface area contributed by atoms with Crippen LogP contribution in [0.15, 0.2) is 54.6 Å². The summed E-state index contributed by atoms with van der Waals surface area (Å²) in [5.41, 5.74) is 1.05. The molecule has 0 aliphatic carbocycles. The SMILES string of the molecule is Oc1c(-c2ccc(F)c(F)c2)cccc1-c1ccc(F)c(F)c1. The summed E-state index contributed by atoms with van der Waals surface area (Å²) in [4.78, 5) is 0. The highest BCUT2D eigenvalue weighted by Crippen LogP contribution is 2.38. The maximum Gasteiger partial charge on any atom is 0.159 e. The molecule has 23 heavy (non-hydrogen) atoms. The van der Waals surface area contributed by atoms with Crippen molar-refractivity contribution in [2.24, 2.45) is 0 Å². The van der Waals surface area contributed by atoms with Gasteiger partial charge in [-0.15, -0.1) is 0 Å². The lowest BCUT2D eigenvalue weighted by Gasteiger charge is -2.11. The molecule has 0 aliphatic heterocycles. The summed E-state index contributed by atoms with van der Waals surface area (Å²) >= 11 is 0. The predicted molar refractivity (Wildman–Crippen MR) is 78.8 cm³/mol. The highest BCUT2D eigenvalue weighted by molar-refractivity contribution is 5.81. The predicted octanol–water partition coefficient (Wildman–Crippen LogP) is 5.28. The smallest absolute Gasteiger partial charge is 0.159 e. The first-order valence-corrected chi connectivity index (χ1v) is 6.70. The van der Waals surface area contributed by atoms with E-state index < -0.39 is 23.3 Å². The third-order valence-electron chi connectivity index (χ3n) is 3.50. The zero-order valence-corrected chi connectivity index (χ0v) is 11.7. The van der Waals surface area contributed by atoms with E-state index in [0.717, 1.165) is 24.3 Å². The lowest BCUT2D eigenvalue weighted by atomic mass is 9.97. The van der Waals surface area contributed by atoms with Crippen molar-refractivity contribution >= 4 is 0 Å². The van der Waals surface area contributed by atoms with Crippen LogP contribution in [0.1, 0.15) is 0 Å². The molecule has 1 N–H and O–H groups in total. The monoisotopic (exact) mass is 318 g/mol. The van der Waals surface area contributed by atoms with Gasteiger partial charge in [-0.05, 0) is 35.4 Å². The van der Waals surface area contributed by atoms with Crippen LogP contribution in [0.5, 0.6) is 5.75 Å². The van der Waals surface area contributed by atoms with Gasteiger partial charge in [0.05, 0.1) is 0 Å². The Balaban J connectivity index is 2.14. The van der Waals surface area contributed by atoms with Crippen LogP contribution in [0, 0.1) is 23.3 Å². The molecule has 0 unspecified atom stereocenters. The Morgan fingerprint density at radius 1 is 0.565 bits per heavy atom. The molecule has 1 nitrogen and oxygen atoms in total. The second-order valence-corrected chi connectivity index (χ2v) is 4.96. The van der Waals surface area contributed by atoms with Crippen molar-refractivity contribution in [1.82, 2.24) is 0 Å². The Hall–Kier alpha value is -2.82. The molecule has 0 radical (unpaired) electrons. The number of para-hydroxylation sites is 1. The van der Waals surface area contributed by atoms with E-state index in [2.05, 4.69) is 0 Å². The highest BCUT2D eigenvalue weighted by Gasteiger charge is 2.14. The molecule has 0 atom stereocenters. The Morgan fingerprint density at radius 2 is 1.00 bits per heavy atom. The van der Waals surface area contributed by atoms with Gasteiger partial charge in [-0.25, -0.2) is 17.6 Å². The first kappa shape index (κ1) is 15.1. The van der Waals surface area contributed by atoms with Crippen LogP contribution in [0.2, 0.25) is 0 Å². The minimum absolute atomic E-state index is 0.232. The van der Waals surface area contributed by atoms with Crippen LogP contribution in [-0.4, -0.2) is 5.11 Å². The number of rotatable bonds is 2. The molecular weight excluding hydrogens is 308 g/mol. The van der Waals surface area contributed by atoms with Gasteiger partial charge in [-0.3, -0.25) is 0 Å². The fourth-order valence-electron chi connectivity index (χ4n) is 2.34. The lowest BCUT2D eigenvalue weighted by molar-refractivity contribution is 0.478. The Kier molecular flexibility index (Phi) is 3.78. The van der Waals surface area contributed by atoms with Crippen molar-refractivity contribution in [3.63, 3.8) is 0 Å². The van der Waals surface area contributed by atoms with E-state index in [-0.39, 0.29) is 28.0 Å². The summed E-state index contributed by atoms with van der Waals surface area (Å²) < 4.78 is 52.8. The molecule has 0 fully saturated rings. The number of hydrogen-bond donors (Lipinski definition) is 1. The Bertz CT molecular complexity index is 820. The van der Waals surface area contributed by atoms with Crippen molar-refractivity contribution < 1.29 is 22.7 Å². The van der Waals surface area contributed by atoms with E-state index in [0.29, 0.717) is 0 Å². The Morgan fingerprint density at radius 3 is 1.39 bits per heavy atom. The third kappa shape index (κ3) is 2.77. The Labute approximate surface area is 129 Å². The van der Waals surface area contributed by atoms with Gasteiger partial charge in [0.25, 0.3) is 0 Å². The normalized spacial score (nSPS) is 10.8. The number of aromatic hydroxyl groups is 1. The number of phenolic OH excluding ortho intramolecular Hbond substituents is 1. The van der Waals surface area contributed by atoms with E-state index in [9.17, 15) is 22.7 Å². The third-order valence-corrected chi connectivity index (χ3v) is 3.50. The molecule has 0 saturated carbocycles.